The van der Waals surface area contributed by atoms with Gasteiger partial charge in [0.2, 0.25) is 5.91 Å². The lowest BCUT2D eigenvalue weighted by Crippen LogP contribution is -2.41. The average Bonchev–Trinajstić information content (AvgIpc) is 3.28. The molecule has 1 aliphatic heterocycles. The standard InChI is InChI=1S/C23H24N4O3/c28-21(24-12-6-9-16-7-2-1-3-8-16)15-27-22(29)20(26-23(27)30)13-17-14-25-19-11-5-4-10-18(17)19/h1-5,7-8,10-11,14,20,25H,6,9,12-13,15H2,(H,24,28)(H,26,30). The van der Waals surface area contributed by atoms with Gasteiger partial charge in [0.05, 0.1) is 0 Å². The van der Waals surface area contributed by atoms with Crippen molar-refractivity contribution in [1.29, 1.82) is 0 Å². The van der Waals surface area contributed by atoms with Crippen LogP contribution in [0.1, 0.15) is 17.5 Å². The molecule has 154 valence electrons. The molecule has 0 bridgehead atoms. The van der Waals surface area contributed by atoms with Crippen LogP contribution >= 0.6 is 0 Å². The molecule has 4 amide bonds. The zero-order valence-electron chi connectivity index (χ0n) is 16.6. The molecule has 2 heterocycles. The minimum absolute atomic E-state index is 0.264. The Morgan fingerprint density at radius 3 is 2.63 bits per heavy atom. The van der Waals surface area contributed by atoms with Crippen molar-refractivity contribution >= 4 is 28.7 Å². The number of hydrogen-bond acceptors (Lipinski definition) is 3. The number of aryl methyl sites for hydroxylation is 1. The average molecular weight is 404 g/mol. The SMILES string of the molecule is O=C(CN1C(=O)NC(Cc2c[nH]c3ccccc23)C1=O)NCCCc1ccccc1. The number of carbonyl (C=O) groups is 3. The molecule has 0 aliphatic carbocycles. The van der Waals surface area contributed by atoms with Crippen LogP contribution in [0.15, 0.2) is 60.8 Å². The third-order valence-electron chi connectivity index (χ3n) is 5.31. The number of para-hydroxylation sites is 1. The molecular weight excluding hydrogens is 380 g/mol. The summed E-state index contributed by atoms with van der Waals surface area (Å²) in [5.41, 5.74) is 3.15. The van der Waals surface area contributed by atoms with E-state index in [1.165, 1.54) is 5.56 Å². The Kier molecular flexibility index (Phi) is 5.79. The summed E-state index contributed by atoms with van der Waals surface area (Å²) in [5.74, 6) is -0.705. The molecule has 1 aliphatic rings. The summed E-state index contributed by atoms with van der Waals surface area (Å²) in [6, 6.07) is 16.6. The lowest BCUT2D eigenvalue weighted by atomic mass is 10.1. The quantitative estimate of drug-likeness (QED) is 0.397. The number of hydrogen-bond donors (Lipinski definition) is 3. The minimum atomic E-state index is -0.664. The van der Waals surface area contributed by atoms with Gasteiger partial charge >= 0.3 is 6.03 Å². The van der Waals surface area contributed by atoms with Crippen molar-refractivity contribution in [2.45, 2.75) is 25.3 Å². The Labute approximate surface area is 174 Å². The Bertz CT molecular complexity index is 1060. The zero-order valence-corrected chi connectivity index (χ0v) is 16.6. The van der Waals surface area contributed by atoms with E-state index in [0.29, 0.717) is 13.0 Å². The van der Waals surface area contributed by atoms with Crippen LogP contribution in [0.25, 0.3) is 10.9 Å². The first kappa shape index (κ1) is 19.7. The third kappa shape index (κ3) is 4.35. The van der Waals surface area contributed by atoms with Gasteiger partial charge in [-0.05, 0) is 30.0 Å². The molecule has 7 nitrogen and oxygen atoms in total. The number of urea groups is 1. The van der Waals surface area contributed by atoms with Crippen LogP contribution in [0.2, 0.25) is 0 Å². The van der Waals surface area contributed by atoms with E-state index < -0.39 is 12.1 Å². The number of H-pyrrole nitrogens is 1. The second kappa shape index (κ2) is 8.82. The lowest BCUT2D eigenvalue weighted by Gasteiger charge is -2.13. The number of aromatic amines is 1. The molecule has 7 heteroatoms. The maximum absolute atomic E-state index is 12.7. The van der Waals surface area contributed by atoms with Gasteiger partial charge in [0.25, 0.3) is 5.91 Å². The molecule has 1 saturated heterocycles. The number of benzene rings is 2. The first-order chi connectivity index (χ1) is 14.6. The van der Waals surface area contributed by atoms with Crippen molar-refractivity contribution in [2.24, 2.45) is 0 Å². The highest BCUT2D eigenvalue weighted by atomic mass is 16.2. The van der Waals surface area contributed by atoms with E-state index in [1.807, 2.05) is 60.8 Å². The summed E-state index contributed by atoms with van der Waals surface area (Å²) in [6.07, 6.45) is 3.88. The van der Waals surface area contributed by atoms with Crippen molar-refractivity contribution in [1.82, 2.24) is 20.5 Å². The van der Waals surface area contributed by atoms with Crippen molar-refractivity contribution in [2.75, 3.05) is 13.1 Å². The molecule has 3 N–H and O–H groups in total. The molecule has 0 radical (unpaired) electrons. The highest BCUT2D eigenvalue weighted by Gasteiger charge is 2.39. The van der Waals surface area contributed by atoms with Crippen molar-refractivity contribution in [3.63, 3.8) is 0 Å². The van der Waals surface area contributed by atoms with Crippen LogP contribution in [0.4, 0.5) is 4.79 Å². The maximum Gasteiger partial charge on any atom is 0.325 e. The van der Waals surface area contributed by atoms with E-state index >= 15 is 0 Å². The van der Waals surface area contributed by atoms with Crippen LogP contribution in [0, 0.1) is 0 Å². The second-order valence-electron chi connectivity index (χ2n) is 7.43. The number of aromatic nitrogens is 1. The second-order valence-corrected chi connectivity index (χ2v) is 7.43. The fraction of sp³-hybridized carbons (Fsp3) is 0.261. The van der Waals surface area contributed by atoms with Gasteiger partial charge in [0.15, 0.2) is 0 Å². The lowest BCUT2D eigenvalue weighted by molar-refractivity contribution is -0.132. The Morgan fingerprint density at radius 2 is 1.80 bits per heavy atom. The first-order valence-electron chi connectivity index (χ1n) is 10.1. The van der Waals surface area contributed by atoms with Crippen molar-refractivity contribution < 1.29 is 14.4 Å². The maximum atomic E-state index is 12.7. The fourth-order valence-electron chi connectivity index (χ4n) is 3.75. The van der Waals surface area contributed by atoms with Gasteiger partial charge in [-0.3, -0.25) is 14.5 Å². The van der Waals surface area contributed by atoms with E-state index in [2.05, 4.69) is 15.6 Å². The third-order valence-corrected chi connectivity index (χ3v) is 5.31. The van der Waals surface area contributed by atoms with Gasteiger partial charge in [-0.1, -0.05) is 48.5 Å². The van der Waals surface area contributed by atoms with Crippen LogP contribution in [-0.4, -0.2) is 46.9 Å². The van der Waals surface area contributed by atoms with E-state index in [4.69, 9.17) is 0 Å². The molecule has 3 aromatic rings. The fourth-order valence-corrected chi connectivity index (χ4v) is 3.75. The van der Waals surface area contributed by atoms with Crippen LogP contribution < -0.4 is 10.6 Å². The van der Waals surface area contributed by atoms with Gasteiger partial charge in [-0.2, -0.15) is 0 Å². The van der Waals surface area contributed by atoms with Gasteiger partial charge < -0.3 is 15.6 Å². The molecule has 1 atom stereocenters. The molecule has 0 spiro atoms. The molecule has 1 fully saturated rings. The van der Waals surface area contributed by atoms with E-state index in [0.717, 1.165) is 34.2 Å². The number of nitrogens with one attached hydrogen (secondary N) is 3. The molecule has 1 unspecified atom stereocenters. The number of nitrogens with zero attached hydrogens (tertiary/aromatic N) is 1. The van der Waals surface area contributed by atoms with Gasteiger partial charge in [0, 0.05) is 30.1 Å². The van der Waals surface area contributed by atoms with Gasteiger partial charge in [-0.15, -0.1) is 0 Å². The van der Waals surface area contributed by atoms with Crippen LogP contribution in [0.5, 0.6) is 0 Å². The Balaban J connectivity index is 1.28. The molecule has 0 saturated carbocycles. The van der Waals surface area contributed by atoms with Gasteiger partial charge in [0.1, 0.15) is 12.6 Å². The smallest absolute Gasteiger partial charge is 0.325 e. The molecule has 30 heavy (non-hydrogen) atoms. The predicted octanol–water partition coefficient (Wildman–Crippen LogP) is 2.38. The van der Waals surface area contributed by atoms with Crippen LogP contribution in [-0.2, 0) is 22.4 Å². The number of carbonyl (C=O) groups excluding carboxylic acids is 3. The van der Waals surface area contributed by atoms with E-state index in [-0.39, 0.29) is 18.4 Å². The minimum Gasteiger partial charge on any atom is -0.361 e. The highest BCUT2D eigenvalue weighted by Crippen LogP contribution is 2.21. The summed E-state index contributed by atoms with van der Waals surface area (Å²) in [5, 5.41) is 6.50. The predicted molar refractivity (Wildman–Crippen MR) is 114 cm³/mol. The summed E-state index contributed by atoms with van der Waals surface area (Å²) in [4.78, 5) is 41.3. The first-order valence-corrected chi connectivity index (χ1v) is 10.1. The number of fused-ring (bicyclic) bond motifs is 1. The Hall–Kier alpha value is -3.61. The van der Waals surface area contributed by atoms with Crippen LogP contribution in [0.3, 0.4) is 0 Å². The molecule has 2 aromatic carbocycles. The van der Waals surface area contributed by atoms with E-state index in [9.17, 15) is 14.4 Å². The van der Waals surface area contributed by atoms with Crippen molar-refractivity contribution in [3.05, 3.63) is 71.9 Å². The number of rotatable bonds is 8. The summed E-state index contributed by atoms with van der Waals surface area (Å²) < 4.78 is 0. The molecular formula is C23H24N4O3. The molecule has 1 aromatic heterocycles. The number of imide groups is 1. The monoisotopic (exact) mass is 404 g/mol. The normalized spacial score (nSPS) is 16.1. The summed E-state index contributed by atoms with van der Waals surface area (Å²) in [6.45, 7) is 0.233. The zero-order chi connectivity index (χ0) is 20.9. The number of amides is 4. The summed E-state index contributed by atoms with van der Waals surface area (Å²) in [7, 11) is 0. The van der Waals surface area contributed by atoms with Gasteiger partial charge in [-0.25, -0.2) is 4.79 Å². The topological polar surface area (TPSA) is 94.3 Å². The highest BCUT2D eigenvalue weighted by molar-refractivity contribution is 6.06. The largest absolute Gasteiger partial charge is 0.361 e. The molecule has 4 rings (SSSR count). The Morgan fingerprint density at radius 1 is 1.03 bits per heavy atom. The van der Waals surface area contributed by atoms with E-state index in [1.54, 1.807) is 0 Å². The summed E-state index contributed by atoms with van der Waals surface area (Å²) >= 11 is 0. The van der Waals surface area contributed by atoms with Crippen molar-refractivity contribution in [3.8, 4) is 0 Å².